The van der Waals surface area contributed by atoms with Crippen LogP contribution in [0.5, 0.6) is 5.75 Å². The van der Waals surface area contributed by atoms with Crippen molar-refractivity contribution in [3.63, 3.8) is 0 Å². The van der Waals surface area contributed by atoms with Crippen LogP contribution in [0.25, 0.3) is 0 Å². The molecule has 0 atom stereocenters. The third-order valence-corrected chi connectivity index (χ3v) is 4.77. The molecule has 0 fully saturated rings. The average molecular weight is 457 g/mol. The van der Waals surface area contributed by atoms with Crippen LogP contribution in [0.15, 0.2) is 42.5 Å². The summed E-state index contributed by atoms with van der Waals surface area (Å²) in [6, 6.07) is 8.43. The van der Waals surface area contributed by atoms with Crippen molar-refractivity contribution in [1.82, 2.24) is 0 Å². The minimum atomic E-state index is -4.83. The molecule has 0 aliphatic rings. The lowest BCUT2D eigenvalue weighted by Crippen LogP contribution is -2.37. The highest BCUT2D eigenvalue weighted by Gasteiger charge is 2.31. The van der Waals surface area contributed by atoms with Gasteiger partial charge in [0.15, 0.2) is 0 Å². The predicted octanol–water partition coefficient (Wildman–Crippen LogP) is 4.30. The number of carbonyl (C=O) groups is 1. The third kappa shape index (κ3) is 6.77. The van der Waals surface area contributed by atoms with Crippen molar-refractivity contribution in [3.05, 3.63) is 52.5 Å². The predicted molar refractivity (Wildman–Crippen MR) is 100 cm³/mol. The van der Waals surface area contributed by atoms with E-state index in [1.807, 2.05) is 0 Å². The van der Waals surface area contributed by atoms with Crippen LogP contribution >= 0.6 is 23.2 Å². The van der Waals surface area contributed by atoms with E-state index in [0.29, 0.717) is 0 Å². The standard InChI is InChI=1S/C16H13Cl2F3N2O4S/c1-28(25,26)23(13-7-10(17)6-11(18)8-13)9-15(24)22-12-2-4-14(5-3-12)27-16(19,20)21/h2-8H,9H2,1H3,(H,22,24). The number of hydrogen-bond donors (Lipinski definition) is 1. The molecule has 0 heterocycles. The summed E-state index contributed by atoms with van der Waals surface area (Å²) in [6.07, 6.45) is -3.93. The maximum Gasteiger partial charge on any atom is 0.573 e. The lowest BCUT2D eigenvalue weighted by atomic mass is 10.3. The summed E-state index contributed by atoms with van der Waals surface area (Å²) in [4.78, 5) is 12.2. The number of benzene rings is 2. The smallest absolute Gasteiger partial charge is 0.406 e. The lowest BCUT2D eigenvalue weighted by molar-refractivity contribution is -0.274. The van der Waals surface area contributed by atoms with Crippen molar-refractivity contribution in [2.24, 2.45) is 0 Å². The first-order chi connectivity index (χ1) is 12.8. The molecule has 1 amide bonds. The van der Waals surface area contributed by atoms with Gasteiger partial charge in [0.05, 0.1) is 11.9 Å². The van der Waals surface area contributed by atoms with Gasteiger partial charge in [-0.05, 0) is 42.5 Å². The SMILES string of the molecule is CS(=O)(=O)N(CC(=O)Nc1ccc(OC(F)(F)F)cc1)c1cc(Cl)cc(Cl)c1. The molecule has 0 bridgehead atoms. The van der Waals surface area contributed by atoms with Crippen LogP contribution in [-0.2, 0) is 14.8 Å². The molecular weight excluding hydrogens is 444 g/mol. The van der Waals surface area contributed by atoms with E-state index in [2.05, 4.69) is 10.1 Å². The summed E-state index contributed by atoms with van der Waals surface area (Å²) in [5, 5.41) is 2.74. The summed E-state index contributed by atoms with van der Waals surface area (Å²) in [5.41, 5.74) is 0.237. The van der Waals surface area contributed by atoms with Crippen molar-refractivity contribution in [3.8, 4) is 5.75 Å². The molecule has 0 aromatic heterocycles. The molecule has 2 aromatic carbocycles. The fourth-order valence-electron chi connectivity index (χ4n) is 2.15. The Bertz CT molecular complexity index is 947. The molecular formula is C16H13Cl2F3N2O4S. The van der Waals surface area contributed by atoms with Crippen molar-refractivity contribution in [2.45, 2.75) is 6.36 Å². The second-order valence-electron chi connectivity index (χ2n) is 5.52. The zero-order chi connectivity index (χ0) is 21.1. The van der Waals surface area contributed by atoms with Gasteiger partial charge in [-0.2, -0.15) is 0 Å². The zero-order valence-electron chi connectivity index (χ0n) is 14.1. The Balaban J connectivity index is 2.14. The van der Waals surface area contributed by atoms with Crippen molar-refractivity contribution in [1.29, 1.82) is 0 Å². The molecule has 0 aliphatic heterocycles. The zero-order valence-corrected chi connectivity index (χ0v) is 16.5. The molecule has 0 saturated heterocycles. The third-order valence-electron chi connectivity index (χ3n) is 3.19. The molecule has 1 N–H and O–H groups in total. The van der Waals surface area contributed by atoms with Crippen LogP contribution in [0.2, 0.25) is 10.0 Å². The van der Waals surface area contributed by atoms with E-state index in [0.717, 1.165) is 22.7 Å². The summed E-state index contributed by atoms with van der Waals surface area (Å²) < 4.78 is 65.1. The van der Waals surface area contributed by atoms with Crippen LogP contribution in [0.3, 0.4) is 0 Å². The Morgan fingerprint density at radius 1 is 1.11 bits per heavy atom. The number of ether oxygens (including phenoxy) is 1. The second kappa shape index (κ2) is 8.46. The number of halogens is 5. The molecule has 0 radical (unpaired) electrons. The van der Waals surface area contributed by atoms with E-state index in [1.165, 1.54) is 30.3 Å². The molecule has 152 valence electrons. The summed E-state index contributed by atoms with van der Waals surface area (Å²) in [5.74, 6) is -1.19. The normalized spacial score (nSPS) is 11.8. The number of anilines is 2. The van der Waals surface area contributed by atoms with E-state index >= 15 is 0 Å². The van der Waals surface area contributed by atoms with Crippen molar-refractivity contribution >= 4 is 50.5 Å². The number of carbonyl (C=O) groups excluding carboxylic acids is 1. The fraction of sp³-hybridized carbons (Fsp3) is 0.188. The van der Waals surface area contributed by atoms with Gasteiger partial charge in [0.25, 0.3) is 0 Å². The number of sulfonamides is 1. The summed E-state index contributed by atoms with van der Waals surface area (Å²) in [6.45, 7) is -0.601. The van der Waals surface area contributed by atoms with Crippen LogP contribution in [0.4, 0.5) is 24.5 Å². The van der Waals surface area contributed by atoms with Crippen LogP contribution < -0.4 is 14.4 Å². The molecule has 0 spiro atoms. The Kier molecular flexibility index (Phi) is 6.68. The number of nitrogens with zero attached hydrogens (tertiary/aromatic N) is 1. The van der Waals surface area contributed by atoms with Gasteiger partial charge >= 0.3 is 6.36 Å². The van der Waals surface area contributed by atoms with Crippen LogP contribution in [0.1, 0.15) is 0 Å². The highest BCUT2D eigenvalue weighted by molar-refractivity contribution is 7.92. The number of rotatable bonds is 6. The monoisotopic (exact) mass is 456 g/mol. The number of hydrogen-bond acceptors (Lipinski definition) is 4. The van der Waals surface area contributed by atoms with E-state index < -0.39 is 34.6 Å². The van der Waals surface area contributed by atoms with E-state index in [9.17, 15) is 26.4 Å². The first-order valence-electron chi connectivity index (χ1n) is 7.43. The largest absolute Gasteiger partial charge is 0.573 e. The van der Waals surface area contributed by atoms with Gasteiger partial charge in [-0.1, -0.05) is 23.2 Å². The highest BCUT2D eigenvalue weighted by Crippen LogP contribution is 2.27. The maximum atomic E-state index is 12.2. The Labute approximate surface area is 168 Å². The van der Waals surface area contributed by atoms with Crippen molar-refractivity contribution < 1.29 is 31.1 Å². The number of nitrogens with one attached hydrogen (secondary N) is 1. The fourth-order valence-corrected chi connectivity index (χ4v) is 3.51. The van der Waals surface area contributed by atoms with Crippen LogP contribution in [-0.4, -0.2) is 33.5 Å². The minimum absolute atomic E-state index is 0.0871. The second-order valence-corrected chi connectivity index (χ2v) is 8.30. The van der Waals surface area contributed by atoms with Crippen LogP contribution in [0, 0.1) is 0 Å². The van der Waals surface area contributed by atoms with Crippen molar-refractivity contribution in [2.75, 3.05) is 22.4 Å². The van der Waals surface area contributed by atoms with Gasteiger partial charge in [0, 0.05) is 15.7 Å². The lowest BCUT2D eigenvalue weighted by Gasteiger charge is -2.22. The quantitative estimate of drug-likeness (QED) is 0.702. The minimum Gasteiger partial charge on any atom is -0.406 e. The Morgan fingerprint density at radius 2 is 1.64 bits per heavy atom. The topological polar surface area (TPSA) is 75.7 Å². The molecule has 2 rings (SSSR count). The summed E-state index contributed by atoms with van der Waals surface area (Å²) >= 11 is 11.7. The molecule has 28 heavy (non-hydrogen) atoms. The average Bonchev–Trinajstić information content (AvgIpc) is 2.51. The van der Waals surface area contributed by atoms with Gasteiger partial charge in [-0.3, -0.25) is 9.10 Å². The van der Waals surface area contributed by atoms with Gasteiger partial charge in [-0.15, -0.1) is 13.2 Å². The Hall–Kier alpha value is -2.17. The maximum absolute atomic E-state index is 12.2. The first-order valence-corrected chi connectivity index (χ1v) is 10.0. The number of alkyl halides is 3. The van der Waals surface area contributed by atoms with Gasteiger partial charge in [-0.25, -0.2) is 8.42 Å². The highest BCUT2D eigenvalue weighted by atomic mass is 35.5. The van der Waals surface area contributed by atoms with Gasteiger partial charge < -0.3 is 10.1 Å². The van der Waals surface area contributed by atoms with E-state index in [-0.39, 0.29) is 21.4 Å². The molecule has 0 aliphatic carbocycles. The molecule has 2 aromatic rings. The molecule has 0 unspecified atom stereocenters. The van der Waals surface area contributed by atoms with Gasteiger partial charge in [0.1, 0.15) is 12.3 Å². The molecule has 6 nitrogen and oxygen atoms in total. The first kappa shape index (κ1) is 22.1. The van der Waals surface area contributed by atoms with Gasteiger partial charge in [0.2, 0.25) is 15.9 Å². The number of amides is 1. The van der Waals surface area contributed by atoms with E-state index in [4.69, 9.17) is 23.2 Å². The molecule has 0 saturated carbocycles. The van der Waals surface area contributed by atoms with E-state index in [1.54, 1.807) is 0 Å². The molecule has 12 heteroatoms. The Morgan fingerprint density at radius 3 is 2.11 bits per heavy atom. The summed E-state index contributed by atoms with van der Waals surface area (Å²) in [7, 11) is -3.86.